The van der Waals surface area contributed by atoms with Crippen molar-refractivity contribution in [3.63, 3.8) is 0 Å². The maximum atomic E-state index is 10.5. The molecule has 3 aromatic carbocycles. The number of aromatic nitrogens is 1. The quantitative estimate of drug-likeness (QED) is 0.276. The summed E-state index contributed by atoms with van der Waals surface area (Å²) >= 11 is 0. The van der Waals surface area contributed by atoms with Crippen LogP contribution in [0.4, 0.5) is 0 Å². The number of aromatic amines is 1. The Morgan fingerprint density at radius 3 is 2.32 bits per heavy atom. The van der Waals surface area contributed by atoms with Crippen LogP contribution in [0.25, 0.3) is 10.9 Å². The predicted molar refractivity (Wildman–Crippen MR) is 149 cm³/mol. The van der Waals surface area contributed by atoms with Gasteiger partial charge in [-0.25, -0.2) is 4.79 Å². The molecule has 0 spiro atoms. The third kappa shape index (κ3) is 8.10. The zero-order chi connectivity index (χ0) is 26.7. The summed E-state index contributed by atoms with van der Waals surface area (Å²) in [5.41, 5.74) is 2.50. The van der Waals surface area contributed by atoms with Gasteiger partial charge in [-0.3, -0.25) is 0 Å². The molecule has 0 bridgehead atoms. The monoisotopic (exact) mass is 516 g/mol. The number of aryl methyl sites for hydroxylation is 1. The molecule has 0 amide bonds. The van der Waals surface area contributed by atoms with Crippen molar-refractivity contribution in [3.05, 3.63) is 96.2 Å². The first-order valence-electron chi connectivity index (χ1n) is 13.1. The molecule has 1 aromatic heterocycles. The summed E-state index contributed by atoms with van der Waals surface area (Å²) in [6.45, 7) is 5.74. The van der Waals surface area contributed by atoms with E-state index in [1.807, 2.05) is 55.5 Å². The zero-order valence-electron chi connectivity index (χ0n) is 21.8. The molecule has 38 heavy (non-hydrogen) atoms. The van der Waals surface area contributed by atoms with Gasteiger partial charge in [-0.1, -0.05) is 42.5 Å². The average Bonchev–Trinajstić information content (AvgIpc) is 3.34. The molecule has 5 rings (SSSR count). The molecule has 0 radical (unpaired) electrons. The van der Waals surface area contributed by atoms with Gasteiger partial charge in [-0.2, -0.15) is 0 Å². The molecule has 2 heterocycles. The molecule has 1 saturated heterocycles. The van der Waals surface area contributed by atoms with Gasteiger partial charge in [0.15, 0.2) is 0 Å². The number of piperidine rings is 1. The van der Waals surface area contributed by atoms with Crippen molar-refractivity contribution < 1.29 is 24.5 Å². The Labute approximate surface area is 223 Å². The lowest BCUT2D eigenvalue weighted by atomic mass is 9.97. The third-order valence-corrected chi connectivity index (χ3v) is 6.62. The van der Waals surface area contributed by atoms with Crippen LogP contribution in [-0.4, -0.2) is 65.0 Å². The van der Waals surface area contributed by atoms with Crippen LogP contribution in [0.2, 0.25) is 0 Å². The highest BCUT2D eigenvalue weighted by Crippen LogP contribution is 2.26. The Bertz CT molecular complexity index is 1270. The van der Waals surface area contributed by atoms with Crippen molar-refractivity contribution in [3.8, 4) is 11.5 Å². The topological polar surface area (TPSA) is 95.0 Å². The Morgan fingerprint density at radius 1 is 0.974 bits per heavy atom. The summed E-state index contributed by atoms with van der Waals surface area (Å²) in [5, 5.41) is 19.9. The lowest BCUT2D eigenvalue weighted by Gasteiger charge is -2.33. The van der Waals surface area contributed by atoms with Gasteiger partial charge in [0, 0.05) is 23.1 Å². The molecule has 1 unspecified atom stereocenters. The standard InChI is InChI=1S/C24H30N2O3.C7H6O2/c1-18-14-22-23(25-18)8-5-9-24(22)29-17-20(27)15-26-12-10-19(11-13-26)16-28-21-6-3-2-4-7-21;8-7(9)6-4-2-1-3-5-6/h2-9,14,19-20,25,27H,10-13,15-17H2,1H3;1-5H,(H,8,9). The van der Waals surface area contributed by atoms with Gasteiger partial charge in [0.1, 0.15) is 24.2 Å². The van der Waals surface area contributed by atoms with Crippen LogP contribution in [0.5, 0.6) is 11.5 Å². The summed E-state index contributed by atoms with van der Waals surface area (Å²) in [4.78, 5) is 15.8. The first kappa shape index (κ1) is 27.2. The second-order valence-electron chi connectivity index (χ2n) is 9.67. The van der Waals surface area contributed by atoms with Crippen molar-refractivity contribution >= 4 is 16.9 Å². The van der Waals surface area contributed by atoms with E-state index in [0.717, 1.165) is 60.6 Å². The molecule has 7 nitrogen and oxygen atoms in total. The van der Waals surface area contributed by atoms with Gasteiger partial charge in [-0.15, -0.1) is 0 Å². The number of likely N-dealkylation sites (tertiary alicyclic amines) is 1. The molecule has 3 N–H and O–H groups in total. The van der Waals surface area contributed by atoms with E-state index in [2.05, 4.69) is 16.0 Å². The Morgan fingerprint density at radius 2 is 1.66 bits per heavy atom. The van der Waals surface area contributed by atoms with Crippen molar-refractivity contribution in [2.75, 3.05) is 32.8 Å². The predicted octanol–water partition coefficient (Wildman–Crippen LogP) is 5.39. The number of ether oxygens (including phenoxy) is 2. The van der Waals surface area contributed by atoms with E-state index < -0.39 is 12.1 Å². The molecule has 1 atom stereocenters. The number of β-amino-alcohol motifs (C(OH)–C–C–N with tert-alkyl or cyclic N) is 1. The summed E-state index contributed by atoms with van der Waals surface area (Å²) in [6, 6.07) is 26.4. The molecule has 0 saturated carbocycles. The van der Waals surface area contributed by atoms with Crippen molar-refractivity contribution in [2.24, 2.45) is 5.92 Å². The highest BCUT2D eigenvalue weighted by Gasteiger charge is 2.22. The number of aromatic carboxylic acids is 1. The molecule has 1 aliphatic heterocycles. The van der Waals surface area contributed by atoms with Crippen LogP contribution in [-0.2, 0) is 0 Å². The first-order chi connectivity index (χ1) is 18.5. The Kier molecular flexibility index (Phi) is 9.78. The summed E-state index contributed by atoms with van der Waals surface area (Å²) in [5.74, 6) is 1.46. The smallest absolute Gasteiger partial charge is 0.335 e. The number of hydrogen-bond acceptors (Lipinski definition) is 5. The number of para-hydroxylation sites is 1. The number of aliphatic hydroxyl groups excluding tert-OH is 1. The average molecular weight is 517 g/mol. The fourth-order valence-electron chi connectivity index (χ4n) is 4.58. The van der Waals surface area contributed by atoms with E-state index in [1.54, 1.807) is 30.3 Å². The number of nitrogens with zero attached hydrogens (tertiary/aromatic N) is 1. The number of aliphatic hydroxyl groups is 1. The number of carboxylic acid groups (broad SMARTS) is 1. The minimum absolute atomic E-state index is 0.306. The number of carbonyl (C=O) groups is 1. The van der Waals surface area contributed by atoms with Crippen LogP contribution < -0.4 is 9.47 Å². The van der Waals surface area contributed by atoms with E-state index in [1.165, 1.54) is 0 Å². The largest absolute Gasteiger partial charge is 0.493 e. The number of hydrogen-bond donors (Lipinski definition) is 3. The van der Waals surface area contributed by atoms with E-state index >= 15 is 0 Å². The SMILES string of the molecule is Cc1cc2c(OCC(O)CN3CCC(COc4ccccc4)CC3)cccc2[nH]1.O=C(O)c1ccccc1. The van der Waals surface area contributed by atoms with Crippen molar-refractivity contribution in [1.82, 2.24) is 9.88 Å². The fraction of sp³-hybridized carbons (Fsp3) is 0.323. The van der Waals surface area contributed by atoms with Crippen LogP contribution in [0.3, 0.4) is 0 Å². The second-order valence-corrected chi connectivity index (χ2v) is 9.67. The molecule has 1 fully saturated rings. The van der Waals surface area contributed by atoms with Crippen LogP contribution in [0.15, 0.2) is 84.9 Å². The van der Waals surface area contributed by atoms with Gasteiger partial charge in [0.25, 0.3) is 0 Å². The second kappa shape index (κ2) is 13.7. The summed E-state index contributed by atoms with van der Waals surface area (Å²) in [6.07, 6.45) is 1.70. The Hall–Kier alpha value is -3.81. The van der Waals surface area contributed by atoms with Crippen LogP contribution in [0, 0.1) is 12.8 Å². The number of carboxylic acids is 1. The fourth-order valence-corrected chi connectivity index (χ4v) is 4.58. The van der Waals surface area contributed by atoms with Gasteiger partial charge < -0.3 is 29.6 Å². The van der Waals surface area contributed by atoms with E-state index in [4.69, 9.17) is 14.6 Å². The number of nitrogens with one attached hydrogen (secondary N) is 1. The lowest BCUT2D eigenvalue weighted by molar-refractivity contribution is 0.0507. The third-order valence-electron chi connectivity index (χ3n) is 6.62. The molecule has 200 valence electrons. The van der Waals surface area contributed by atoms with Gasteiger partial charge in [0.05, 0.1) is 12.2 Å². The van der Waals surface area contributed by atoms with E-state index in [9.17, 15) is 9.90 Å². The van der Waals surface area contributed by atoms with Crippen LogP contribution in [0.1, 0.15) is 28.9 Å². The van der Waals surface area contributed by atoms with Crippen molar-refractivity contribution in [2.45, 2.75) is 25.9 Å². The van der Waals surface area contributed by atoms with Gasteiger partial charge in [-0.05, 0) is 81.2 Å². The van der Waals surface area contributed by atoms with E-state index in [-0.39, 0.29) is 0 Å². The minimum Gasteiger partial charge on any atom is -0.493 e. The number of rotatable bonds is 9. The molecule has 7 heteroatoms. The highest BCUT2D eigenvalue weighted by molar-refractivity contribution is 5.87. The minimum atomic E-state index is -0.879. The molecule has 4 aromatic rings. The van der Waals surface area contributed by atoms with Crippen LogP contribution >= 0.6 is 0 Å². The van der Waals surface area contributed by atoms with E-state index in [0.29, 0.717) is 24.6 Å². The molecular weight excluding hydrogens is 480 g/mol. The first-order valence-corrected chi connectivity index (χ1v) is 13.1. The summed E-state index contributed by atoms with van der Waals surface area (Å²) < 4.78 is 11.8. The molecule has 0 aliphatic carbocycles. The zero-order valence-corrected chi connectivity index (χ0v) is 21.8. The van der Waals surface area contributed by atoms with Crippen molar-refractivity contribution in [1.29, 1.82) is 0 Å². The number of fused-ring (bicyclic) bond motifs is 1. The maximum absolute atomic E-state index is 10.5. The van der Waals surface area contributed by atoms with Gasteiger partial charge >= 0.3 is 5.97 Å². The summed E-state index contributed by atoms with van der Waals surface area (Å²) in [7, 11) is 0. The number of benzene rings is 3. The van der Waals surface area contributed by atoms with Gasteiger partial charge in [0.2, 0.25) is 0 Å². The normalized spacial score (nSPS) is 14.9. The number of H-pyrrole nitrogens is 1. The maximum Gasteiger partial charge on any atom is 0.335 e. The molecular formula is C31H36N2O5. The Balaban J connectivity index is 0.000000317. The highest BCUT2D eigenvalue weighted by atomic mass is 16.5. The molecule has 1 aliphatic rings. The lowest BCUT2D eigenvalue weighted by Crippen LogP contribution is -2.41.